The van der Waals surface area contributed by atoms with Crippen LogP contribution in [0.5, 0.6) is 0 Å². The summed E-state index contributed by atoms with van der Waals surface area (Å²) >= 11 is 0.901. The van der Waals surface area contributed by atoms with E-state index < -0.39 is 11.3 Å². The highest BCUT2D eigenvalue weighted by atomic mass is 32.2. The standard InChI is InChI=1S/C20H20N2O4S/c1-3-26-17(23)13-21(16-11-7-8-14(2)12-16)19-18(24)22(20(25)27-19)15-9-5-4-6-10-15/h4-12,19H,3,13H2,1-2H3/t19-/m1/s1. The number of carbonyl (C=O) groups excluding carboxylic acids is 3. The molecule has 1 heterocycles. The molecular formula is C20H20N2O4S. The molecule has 1 saturated heterocycles. The topological polar surface area (TPSA) is 66.9 Å². The van der Waals surface area contributed by atoms with Crippen molar-refractivity contribution >= 4 is 40.3 Å². The predicted molar refractivity (Wildman–Crippen MR) is 106 cm³/mol. The maximum absolute atomic E-state index is 13.0. The molecule has 1 atom stereocenters. The number of nitrogens with zero attached hydrogens (tertiary/aromatic N) is 2. The molecule has 7 heteroatoms. The Labute approximate surface area is 162 Å². The highest BCUT2D eigenvalue weighted by Gasteiger charge is 2.44. The zero-order valence-electron chi connectivity index (χ0n) is 15.1. The van der Waals surface area contributed by atoms with Gasteiger partial charge in [-0.2, -0.15) is 0 Å². The molecule has 0 N–H and O–H groups in total. The normalized spacial score (nSPS) is 16.5. The summed E-state index contributed by atoms with van der Waals surface area (Å²) in [5.41, 5.74) is 2.20. The van der Waals surface area contributed by atoms with Crippen LogP contribution in [-0.2, 0) is 14.3 Å². The lowest BCUT2D eigenvalue weighted by Crippen LogP contribution is -2.44. The predicted octanol–water partition coefficient (Wildman–Crippen LogP) is 3.59. The second kappa shape index (κ2) is 8.26. The van der Waals surface area contributed by atoms with Crippen LogP contribution in [0.1, 0.15) is 12.5 Å². The monoisotopic (exact) mass is 384 g/mol. The van der Waals surface area contributed by atoms with E-state index in [2.05, 4.69) is 0 Å². The van der Waals surface area contributed by atoms with E-state index in [1.54, 1.807) is 36.1 Å². The highest BCUT2D eigenvalue weighted by molar-refractivity contribution is 8.16. The molecule has 2 amide bonds. The van der Waals surface area contributed by atoms with Crippen LogP contribution in [0.15, 0.2) is 54.6 Å². The van der Waals surface area contributed by atoms with Crippen LogP contribution in [0.4, 0.5) is 16.2 Å². The molecule has 2 aromatic carbocycles. The van der Waals surface area contributed by atoms with E-state index in [0.29, 0.717) is 11.4 Å². The fourth-order valence-corrected chi connectivity index (χ4v) is 3.89. The number of imide groups is 1. The number of hydrogen-bond acceptors (Lipinski definition) is 6. The number of hydrogen-bond donors (Lipinski definition) is 0. The third-order valence-electron chi connectivity index (χ3n) is 4.06. The fraction of sp³-hybridized carbons (Fsp3) is 0.250. The molecule has 3 rings (SSSR count). The first kappa shape index (κ1) is 19.0. The Hall–Kier alpha value is -2.80. The Bertz CT molecular complexity index is 856. The Morgan fingerprint density at radius 1 is 1.15 bits per heavy atom. The number of para-hydroxylation sites is 1. The van der Waals surface area contributed by atoms with Gasteiger partial charge in [0.1, 0.15) is 6.54 Å². The average molecular weight is 384 g/mol. The molecule has 6 nitrogen and oxygen atoms in total. The van der Waals surface area contributed by atoms with E-state index in [1.807, 2.05) is 37.3 Å². The van der Waals surface area contributed by atoms with Gasteiger partial charge in [-0.3, -0.25) is 14.4 Å². The molecular weight excluding hydrogens is 364 g/mol. The molecule has 0 unspecified atom stereocenters. The molecule has 0 bridgehead atoms. The summed E-state index contributed by atoms with van der Waals surface area (Å²) in [6.45, 7) is 3.79. The van der Waals surface area contributed by atoms with Crippen LogP contribution in [0.25, 0.3) is 0 Å². The van der Waals surface area contributed by atoms with Crippen molar-refractivity contribution in [3.8, 4) is 0 Å². The Kier molecular flexibility index (Phi) is 5.81. The number of ether oxygens (including phenoxy) is 1. The lowest BCUT2D eigenvalue weighted by atomic mass is 10.2. The molecule has 27 heavy (non-hydrogen) atoms. The summed E-state index contributed by atoms with van der Waals surface area (Å²) in [4.78, 5) is 40.5. The number of rotatable bonds is 6. The van der Waals surface area contributed by atoms with Gasteiger partial charge in [-0.05, 0) is 55.4 Å². The minimum Gasteiger partial charge on any atom is -0.465 e. The number of benzene rings is 2. The van der Waals surface area contributed by atoms with E-state index in [0.717, 1.165) is 22.2 Å². The summed E-state index contributed by atoms with van der Waals surface area (Å²) in [6.07, 6.45) is 0. The molecule has 140 valence electrons. The largest absolute Gasteiger partial charge is 0.465 e. The summed E-state index contributed by atoms with van der Waals surface area (Å²) < 4.78 is 5.06. The first-order valence-corrected chi connectivity index (χ1v) is 9.47. The van der Waals surface area contributed by atoms with Gasteiger partial charge < -0.3 is 9.64 Å². The smallest absolute Gasteiger partial charge is 0.325 e. The first-order chi connectivity index (χ1) is 13.0. The summed E-state index contributed by atoms with van der Waals surface area (Å²) in [5.74, 6) is -0.819. The van der Waals surface area contributed by atoms with Gasteiger partial charge in [0, 0.05) is 5.69 Å². The van der Waals surface area contributed by atoms with Crippen molar-refractivity contribution in [3.63, 3.8) is 0 Å². The average Bonchev–Trinajstić information content (AvgIpc) is 2.95. The van der Waals surface area contributed by atoms with Crippen molar-refractivity contribution < 1.29 is 19.1 Å². The summed E-state index contributed by atoms with van der Waals surface area (Å²) in [5, 5.41) is -1.19. The zero-order valence-corrected chi connectivity index (χ0v) is 15.9. The highest BCUT2D eigenvalue weighted by Crippen LogP contribution is 2.35. The van der Waals surface area contributed by atoms with Crippen LogP contribution in [-0.4, -0.2) is 35.6 Å². The van der Waals surface area contributed by atoms with E-state index in [9.17, 15) is 14.4 Å². The van der Waals surface area contributed by atoms with Gasteiger partial charge in [0.2, 0.25) is 0 Å². The Morgan fingerprint density at radius 3 is 2.56 bits per heavy atom. The van der Waals surface area contributed by atoms with Crippen molar-refractivity contribution in [2.24, 2.45) is 0 Å². The van der Waals surface area contributed by atoms with Gasteiger partial charge >= 0.3 is 5.97 Å². The maximum Gasteiger partial charge on any atom is 0.325 e. The van der Waals surface area contributed by atoms with Crippen LogP contribution in [0, 0.1) is 6.92 Å². The fourth-order valence-electron chi connectivity index (χ4n) is 2.87. The van der Waals surface area contributed by atoms with Crippen molar-refractivity contribution in [2.75, 3.05) is 23.0 Å². The number of anilines is 2. The van der Waals surface area contributed by atoms with Crippen molar-refractivity contribution in [3.05, 3.63) is 60.2 Å². The van der Waals surface area contributed by atoms with Gasteiger partial charge in [-0.15, -0.1) is 0 Å². The van der Waals surface area contributed by atoms with Gasteiger partial charge in [0.05, 0.1) is 12.3 Å². The number of esters is 1. The summed E-state index contributed by atoms with van der Waals surface area (Å²) in [7, 11) is 0. The lowest BCUT2D eigenvalue weighted by Gasteiger charge is -2.28. The number of aryl methyl sites for hydroxylation is 1. The quantitative estimate of drug-likeness (QED) is 0.709. The second-order valence-corrected chi connectivity index (χ2v) is 7.05. The van der Waals surface area contributed by atoms with E-state index in [-0.39, 0.29) is 24.3 Å². The minimum atomic E-state index is -0.830. The molecule has 0 spiro atoms. The van der Waals surface area contributed by atoms with Crippen LogP contribution in [0.3, 0.4) is 0 Å². The Balaban J connectivity index is 1.93. The molecule has 0 radical (unpaired) electrons. The lowest BCUT2D eigenvalue weighted by molar-refractivity contribution is -0.141. The van der Waals surface area contributed by atoms with Gasteiger partial charge in [-0.25, -0.2) is 4.90 Å². The van der Waals surface area contributed by atoms with Crippen molar-refractivity contribution in [2.45, 2.75) is 19.2 Å². The van der Waals surface area contributed by atoms with Crippen LogP contribution in [0.2, 0.25) is 0 Å². The zero-order chi connectivity index (χ0) is 19.4. The Morgan fingerprint density at radius 2 is 1.89 bits per heavy atom. The van der Waals surface area contributed by atoms with E-state index in [4.69, 9.17) is 4.74 Å². The number of thioether (sulfide) groups is 1. The van der Waals surface area contributed by atoms with Crippen LogP contribution < -0.4 is 9.80 Å². The minimum absolute atomic E-state index is 0.114. The first-order valence-electron chi connectivity index (χ1n) is 8.60. The molecule has 0 aromatic heterocycles. The SMILES string of the molecule is CCOC(=O)CN(c1cccc(C)c1)[C@@H]1SC(=O)N(c2ccccc2)C1=O. The third kappa shape index (κ3) is 4.14. The summed E-state index contributed by atoms with van der Waals surface area (Å²) in [6, 6.07) is 16.2. The molecule has 0 aliphatic carbocycles. The van der Waals surface area contributed by atoms with Crippen molar-refractivity contribution in [1.29, 1.82) is 0 Å². The van der Waals surface area contributed by atoms with E-state index in [1.165, 1.54) is 0 Å². The molecule has 1 aliphatic rings. The molecule has 1 fully saturated rings. The number of carbonyl (C=O) groups is 3. The van der Waals surface area contributed by atoms with Gasteiger partial charge in [0.15, 0.2) is 5.37 Å². The van der Waals surface area contributed by atoms with Crippen molar-refractivity contribution in [1.82, 2.24) is 0 Å². The second-order valence-electron chi connectivity index (χ2n) is 6.02. The van der Waals surface area contributed by atoms with Gasteiger partial charge in [-0.1, -0.05) is 30.3 Å². The third-order valence-corrected chi connectivity index (χ3v) is 5.13. The molecule has 1 aliphatic heterocycles. The maximum atomic E-state index is 13.0. The van der Waals surface area contributed by atoms with E-state index >= 15 is 0 Å². The van der Waals surface area contributed by atoms with Crippen LogP contribution >= 0.6 is 11.8 Å². The number of amides is 2. The molecule has 0 saturated carbocycles. The van der Waals surface area contributed by atoms with Gasteiger partial charge in [0.25, 0.3) is 11.1 Å². The molecule has 2 aromatic rings.